The average Bonchev–Trinajstić information content (AvgIpc) is 3.05. The zero-order valence-electron chi connectivity index (χ0n) is 27.5. The van der Waals surface area contributed by atoms with Crippen molar-refractivity contribution in [3.8, 4) is 11.5 Å². The fraction of sp³-hybridized carbons (Fsp3) is 0.486. The minimum Gasteiger partial charge on any atom is -0.493 e. The summed E-state index contributed by atoms with van der Waals surface area (Å²) < 4.78 is 10.9. The largest absolute Gasteiger partial charge is 0.493 e. The Morgan fingerprint density at radius 1 is 0.711 bits per heavy atom. The van der Waals surface area contributed by atoms with E-state index >= 15 is 0 Å². The van der Waals surface area contributed by atoms with Crippen LogP contribution in [0.4, 0.5) is 0 Å². The highest BCUT2D eigenvalue weighted by Gasteiger charge is 2.26. The summed E-state index contributed by atoms with van der Waals surface area (Å²) in [6.07, 6.45) is 13.8. The van der Waals surface area contributed by atoms with Crippen molar-refractivity contribution in [3.05, 3.63) is 71.8 Å². The highest BCUT2D eigenvalue weighted by molar-refractivity contribution is 6.21. The number of benzene rings is 2. The first-order valence-corrected chi connectivity index (χ1v) is 16.4. The molecule has 1 aliphatic heterocycles. The van der Waals surface area contributed by atoms with Gasteiger partial charge in [0.05, 0.1) is 14.2 Å². The quantitative estimate of drug-likeness (QED) is 0.357. The first kappa shape index (κ1) is 35.4. The Hall–Kier alpha value is -4.07. The van der Waals surface area contributed by atoms with Crippen molar-refractivity contribution >= 4 is 28.9 Å². The summed E-state index contributed by atoms with van der Waals surface area (Å²) in [4.78, 5) is 40.0. The Balaban J connectivity index is 2.01. The lowest BCUT2D eigenvalue weighted by Gasteiger charge is -2.23. The van der Waals surface area contributed by atoms with Crippen molar-refractivity contribution in [1.29, 1.82) is 0 Å². The molecule has 2 aromatic carbocycles. The second kappa shape index (κ2) is 19.3. The lowest BCUT2D eigenvalue weighted by molar-refractivity contribution is -0.127. The number of hydrogen-bond acceptors (Lipinski definition) is 5. The Labute approximate surface area is 269 Å². The lowest BCUT2D eigenvalue weighted by atomic mass is 9.98. The van der Waals surface area contributed by atoms with Gasteiger partial charge in [-0.2, -0.15) is 0 Å². The van der Waals surface area contributed by atoms with E-state index in [9.17, 15) is 14.4 Å². The summed E-state index contributed by atoms with van der Waals surface area (Å²) in [5.74, 6) is 0.340. The van der Waals surface area contributed by atoms with Crippen molar-refractivity contribution < 1.29 is 23.9 Å². The normalized spacial score (nSPS) is 21.3. The monoisotopic (exact) mass is 617 g/mol. The van der Waals surface area contributed by atoms with E-state index in [1.165, 1.54) is 19.3 Å². The summed E-state index contributed by atoms with van der Waals surface area (Å²) in [5, 5.41) is 9.11. The molecule has 0 saturated carbocycles. The van der Waals surface area contributed by atoms with E-state index in [-0.39, 0.29) is 23.6 Å². The molecule has 3 N–H and O–H groups in total. The van der Waals surface area contributed by atoms with Crippen molar-refractivity contribution in [1.82, 2.24) is 16.0 Å². The van der Waals surface area contributed by atoms with Gasteiger partial charge >= 0.3 is 0 Å². The molecule has 0 saturated heterocycles. The first-order chi connectivity index (χ1) is 21.8. The highest BCUT2D eigenvalue weighted by atomic mass is 16.5. The maximum atomic E-state index is 14.0. The second-order valence-corrected chi connectivity index (χ2v) is 11.9. The number of amides is 3. The van der Waals surface area contributed by atoms with Gasteiger partial charge in [0, 0.05) is 25.1 Å². The minimum absolute atomic E-state index is 0.0165. The molecule has 0 aliphatic carbocycles. The topological polar surface area (TPSA) is 106 Å². The van der Waals surface area contributed by atoms with E-state index in [4.69, 9.17) is 9.47 Å². The third-order valence-electron chi connectivity index (χ3n) is 8.13. The Morgan fingerprint density at radius 2 is 1.36 bits per heavy atom. The van der Waals surface area contributed by atoms with Crippen LogP contribution in [0.15, 0.2) is 60.7 Å². The minimum atomic E-state index is -0.709. The lowest BCUT2D eigenvalue weighted by Crippen LogP contribution is -2.50. The van der Waals surface area contributed by atoms with Gasteiger partial charge in [0.15, 0.2) is 11.5 Å². The summed E-state index contributed by atoms with van der Waals surface area (Å²) in [5.41, 5.74) is 2.75. The molecular weight excluding hydrogens is 566 g/mol. The third-order valence-corrected chi connectivity index (χ3v) is 8.13. The van der Waals surface area contributed by atoms with Crippen molar-refractivity contribution in [2.75, 3.05) is 27.3 Å². The van der Waals surface area contributed by atoms with E-state index in [1.807, 2.05) is 50.3 Å². The maximum Gasteiger partial charge on any atom is 0.252 e. The van der Waals surface area contributed by atoms with Crippen LogP contribution < -0.4 is 25.4 Å². The average molecular weight is 618 g/mol. The standard InChI is InChI=1S/C37H51N3O5/c1-27(2)35-37(43)38-24-16-11-9-7-5-6-8-10-15-19-34(41)39-26-30(28-17-13-12-14-18-28)20-22-31(36(42)40-35)29-21-23-32(44-3)33(25-29)45-4/h12-14,17-18,20-23,25,27,35H,5-11,15-16,19,24,26H2,1-4H3,(H,38,43)(H,39,41)(H,40,42)/b30-20+,31-22-/t35-/m0/s1. The number of ether oxygens (including phenoxy) is 2. The molecule has 1 aliphatic rings. The molecule has 244 valence electrons. The smallest absolute Gasteiger partial charge is 0.252 e. The molecule has 2 aromatic rings. The van der Waals surface area contributed by atoms with Crippen LogP contribution in [0.2, 0.25) is 0 Å². The van der Waals surface area contributed by atoms with Gasteiger partial charge in [-0.25, -0.2) is 0 Å². The van der Waals surface area contributed by atoms with Gasteiger partial charge in [0.25, 0.3) is 5.91 Å². The SMILES string of the molecule is COc1ccc(/C2=C/C=C(/c3ccccc3)CNC(=O)CCCCCCCCCCCNC(=O)[C@H](C(C)C)NC2=O)cc1OC. The fourth-order valence-corrected chi connectivity index (χ4v) is 5.41. The predicted molar refractivity (Wildman–Crippen MR) is 181 cm³/mol. The molecule has 3 amide bonds. The number of methoxy groups -OCH3 is 2. The van der Waals surface area contributed by atoms with Crippen LogP contribution in [0, 0.1) is 5.92 Å². The van der Waals surface area contributed by atoms with Crippen LogP contribution in [-0.4, -0.2) is 51.1 Å². The molecule has 0 spiro atoms. The van der Waals surface area contributed by atoms with E-state index < -0.39 is 6.04 Å². The van der Waals surface area contributed by atoms with Gasteiger partial charge in [-0.05, 0) is 53.7 Å². The Bertz CT molecular complexity index is 1300. The highest BCUT2D eigenvalue weighted by Crippen LogP contribution is 2.31. The molecule has 0 radical (unpaired) electrons. The van der Waals surface area contributed by atoms with E-state index in [0.717, 1.165) is 49.7 Å². The van der Waals surface area contributed by atoms with E-state index in [2.05, 4.69) is 16.0 Å². The molecule has 45 heavy (non-hydrogen) atoms. The molecule has 1 atom stereocenters. The zero-order chi connectivity index (χ0) is 32.4. The van der Waals surface area contributed by atoms with Gasteiger partial charge in [0.2, 0.25) is 11.8 Å². The van der Waals surface area contributed by atoms with Gasteiger partial charge in [0.1, 0.15) is 6.04 Å². The van der Waals surface area contributed by atoms with Gasteiger partial charge < -0.3 is 25.4 Å². The van der Waals surface area contributed by atoms with E-state index in [1.54, 1.807) is 38.5 Å². The molecule has 0 bridgehead atoms. The number of allylic oxidation sites excluding steroid dienone is 2. The molecule has 8 nitrogen and oxygen atoms in total. The van der Waals surface area contributed by atoms with Crippen molar-refractivity contribution in [2.24, 2.45) is 5.92 Å². The van der Waals surface area contributed by atoms with Crippen LogP contribution in [0.3, 0.4) is 0 Å². The number of nitrogens with one attached hydrogen (secondary N) is 3. The zero-order valence-corrected chi connectivity index (χ0v) is 27.5. The summed E-state index contributed by atoms with van der Waals surface area (Å²) in [7, 11) is 3.11. The van der Waals surface area contributed by atoms with Gasteiger partial charge in [-0.3, -0.25) is 14.4 Å². The van der Waals surface area contributed by atoms with E-state index in [0.29, 0.717) is 42.1 Å². The van der Waals surface area contributed by atoms with Crippen LogP contribution in [0.5, 0.6) is 11.5 Å². The van der Waals surface area contributed by atoms with Crippen LogP contribution in [0.1, 0.15) is 89.2 Å². The maximum absolute atomic E-state index is 14.0. The van der Waals surface area contributed by atoms with Crippen LogP contribution in [0.25, 0.3) is 11.1 Å². The summed E-state index contributed by atoms with van der Waals surface area (Å²) in [6.45, 7) is 4.75. The molecular formula is C37H51N3O5. The summed E-state index contributed by atoms with van der Waals surface area (Å²) >= 11 is 0. The molecule has 0 unspecified atom stereocenters. The second-order valence-electron chi connectivity index (χ2n) is 11.9. The number of carbonyl (C=O) groups is 3. The molecule has 8 heteroatoms. The third kappa shape index (κ3) is 11.7. The molecule has 0 fully saturated rings. The number of rotatable bonds is 5. The van der Waals surface area contributed by atoms with Crippen molar-refractivity contribution in [2.45, 2.75) is 84.1 Å². The fourth-order valence-electron chi connectivity index (χ4n) is 5.41. The number of hydrogen-bond donors (Lipinski definition) is 3. The molecule has 1 heterocycles. The predicted octanol–water partition coefficient (Wildman–Crippen LogP) is 6.46. The van der Waals surface area contributed by atoms with Crippen molar-refractivity contribution in [3.63, 3.8) is 0 Å². The number of carbonyl (C=O) groups excluding carboxylic acids is 3. The van der Waals surface area contributed by atoms with Crippen LogP contribution >= 0.6 is 0 Å². The molecule has 3 rings (SSSR count). The first-order valence-electron chi connectivity index (χ1n) is 16.4. The Kier molecular flexibility index (Phi) is 15.2. The van der Waals surface area contributed by atoms with Gasteiger partial charge in [-0.1, -0.05) is 101 Å². The van der Waals surface area contributed by atoms with Gasteiger partial charge in [-0.15, -0.1) is 0 Å². The summed E-state index contributed by atoms with van der Waals surface area (Å²) in [6, 6.07) is 14.4. The molecule has 0 aromatic heterocycles. The Morgan fingerprint density at radius 3 is 2.00 bits per heavy atom. The van der Waals surface area contributed by atoms with Crippen LogP contribution in [-0.2, 0) is 14.4 Å².